The van der Waals surface area contributed by atoms with Crippen LogP contribution in [0.5, 0.6) is 0 Å². The van der Waals surface area contributed by atoms with Crippen LogP contribution in [0.3, 0.4) is 0 Å². The Kier molecular flexibility index (Phi) is 6.22. The van der Waals surface area contributed by atoms with Gasteiger partial charge in [-0.25, -0.2) is 0 Å². The van der Waals surface area contributed by atoms with Crippen molar-refractivity contribution in [2.45, 2.75) is 57.2 Å². The molecule has 3 nitrogen and oxygen atoms in total. The van der Waals surface area contributed by atoms with Gasteiger partial charge < -0.3 is 9.84 Å². The number of methoxy groups -OCH3 is 1. The zero-order chi connectivity index (χ0) is 15.2. The lowest BCUT2D eigenvalue weighted by Gasteiger charge is -2.42. The van der Waals surface area contributed by atoms with E-state index in [1.807, 2.05) is 0 Å². The van der Waals surface area contributed by atoms with Crippen molar-refractivity contribution in [2.24, 2.45) is 0 Å². The van der Waals surface area contributed by atoms with Gasteiger partial charge in [-0.05, 0) is 44.6 Å². The molecule has 2 rings (SSSR count). The molecule has 0 aromatic heterocycles. The zero-order valence-corrected chi connectivity index (χ0v) is 13.5. The van der Waals surface area contributed by atoms with Gasteiger partial charge in [0.2, 0.25) is 0 Å². The van der Waals surface area contributed by atoms with Crippen LogP contribution in [0.4, 0.5) is 0 Å². The van der Waals surface area contributed by atoms with Crippen molar-refractivity contribution in [1.29, 1.82) is 0 Å². The number of benzene rings is 1. The minimum atomic E-state index is -0.218. The third-order valence-electron chi connectivity index (χ3n) is 4.69. The van der Waals surface area contributed by atoms with Gasteiger partial charge in [0, 0.05) is 25.7 Å². The fraction of sp³-hybridized carbons (Fsp3) is 0.667. The number of ether oxygens (including phenoxy) is 1. The third kappa shape index (κ3) is 4.29. The molecule has 0 saturated heterocycles. The topological polar surface area (TPSA) is 32.7 Å². The predicted molar refractivity (Wildman–Crippen MR) is 86.5 cm³/mol. The molecule has 21 heavy (non-hydrogen) atoms. The molecule has 1 aliphatic carbocycles. The first-order chi connectivity index (χ1) is 10.1. The molecule has 1 N–H and O–H groups in total. The summed E-state index contributed by atoms with van der Waals surface area (Å²) in [6.07, 6.45) is 2.79. The standard InChI is InChI=1S/C18H29NO2/c1-14(2)19(11-12-21-3)17-13-16(9-10-18(17)20)15-7-5-4-6-8-15/h4-8,14,16-18,20H,9-13H2,1-3H3. The maximum atomic E-state index is 10.5. The van der Waals surface area contributed by atoms with Crippen molar-refractivity contribution in [1.82, 2.24) is 4.90 Å². The van der Waals surface area contributed by atoms with Crippen molar-refractivity contribution >= 4 is 0 Å². The van der Waals surface area contributed by atoms with Crippen molar-refractivity contribution in [3.05, 3.63) is 35.9 Å². The first kappa shape index (κ1) is 16.5. The number of aliphatic hydroxyl groups excluding tert-OH is 1. The molecule has 1 fully saturated rings. The molecule has 0 aliphatic heterocycles. The van der Waals surface area contributed by atoms with Crippen molar-refractivity contribution < 1.29 is 9.84 Å². The molecule has 0 heterocycles. The molecule has 1 aliphatic rings. The fourth-order valence-electron chi connectivity index (χ4n) is 3.52. The second-order valence-corrected chi connectivity index (χ2v) is 6.38. The third-order valence-corrected chi connectivity index (χ3v) is 4.69. The molecule has 3 heteroatoms. The van der Waals surface area contributed by atoms with Crippen LogP contribution in [0, 0.1) is 0 Å². The Bertz CT molecular complexity index is 407. The van der Waals surface area contributed by atoms with Crippen molar-refractivity contribution in [3.63, 3.8) is 0 Å². The van der Waals surface area contributed by atoms with Crippen LogP contribution < -0.4 is 0 Å². The van der Waals surface area contributed by atoms with Crippen molar-refractivity contribution in [3.8, 4) is 0 Å². The SMILES string of the molecule is COCCN(C(C)C)C1CC(c2ccccc2)CCC1O. The van der Waals surface area contributed by atoms with Gasteiger partial charge in [-0.3, -0.25) is 4.90 Å². The average Bonchev–Trinajstić information content (AvgIpc) is 2.50. The Balaban J connectivity index is 2.09. The Morgan fingerprint density at radius 2 is 1.95 bits per heavy atom. The highest BCUT2D eigenvalue weighted by Crippen LogP contribution is 2.35. The lowest BCUT2D eigenvalue weighted by molar-refractivity contribution is -0.0110. The van der Waals surface area contributed by atoms with Gasteiger partial charge in [0.05, 0.1) is 12.7 Å². The zero-order valence-electron chi connectivity index (χ0n) is 13.5. The van der Waals surface area contributed by atoms with Crippen LogP contribution in [0.1, 0.15) is 44.6 Å². The second-order valence-electron chi connectivity index (χ2n) is 6.38. The maximum absolute atomic E-state index is 10.5. The van der Waals surface area contributed by atoms with Gasteiger partial charge in [-0.15, -0.1) is 0 Å². The van der Waals surface area contributed by atoms with Crippen LogP contribution in [0.25, 0.3) is 0 Å². The number of hydrogen-bond donors (Lipinski definition) is 1. The number of rotatable bonds is 6. The molecule has 0 amide bonds. The Morgan fingerprint density at radius 1 is 1.24 bits per heavy atom. The van der Waals surface area contributed by atoms with E-state index in [4.69, 9.17) is 4.74 Å². The first-order valence-corrected chi connectivity index (χ1v) is 8.11. The molecule has 3 unspecified atom stereocenters. The van der Waals surface area contributed by atoms with Gasteiger partial charge in [0.1, 0.15) is 0 Å². The Morgan fingerprint density at radius 3 is 2.57 bits per heavy atom. The van der Waals surface area contributed by atoms with Gasteiger partial charge in [-0.2, -0.15) is 0 Å². The number of hydrogen-bond acceptors (Lipinski definition) is 3. The molecular weight excluding hydrogens is 262 g/mol. The van der Waals surface area contributed by atoms with Gasteiger partial charge in [0.25, 0.3) is 0 Å². The molecule has 3 atom stereocenters. The number of aliphatic hydroxyl groups is 1. The highest BCUT2D eigenvalue weighted by Gasteiger charge is 2.34. The summed E-state index contributed by atoms with van der Waals surface area (Å²) in [5, 5.41) is 10.5. The van der Waals surface area contributed by atoms with Crippen molar-refractivity contribution in [2.75, 3.05) is 20.3 Å². The normalized spacial score (nSPS) is 26.5. The number of nitrogens with zero attached hydrogens (tertiary/aromatic N) is 1. The summed E-state index contributed by atoms with van der Waals surface area (Å²) in [5.74, 6) is 0.559. The lowest BCUT2D eigenvalue weighted by atomic mass is 9.79. The van der Waals surface area contributed by atoms with Crippen LogP contribution >= 0.6 is 0 Å². The predicted octanol–water partition coefficient (Wildman–Crippen LogP) is 3.04. The van der Waals surface area contributed by atoms with Crippen LogP contribution in [0.15, 0.2) is 30.3 Å². The lowest BCUT2D eigenvalue weighted by Crippen LogP contribution is -2.51. The van der Waals surface area contributed by atoms with E-state index in [2.05, 4.69) is 49.1 Å². The van der Waals surface area contributed by atoms with Crippen LogP contribution in [0.2, 0.25) is 0 Å². The monoisotopic (exact) mass is 291 g/mol. The largest absolute Gasteiger partial charge is 0.391 e. The van der Waals surface area contributed by atoms with E-state index in [-0.39, 0.29) is 12.1 Å². The molecular formula is C18H29NO2. The summed E-state index contributed by atoms with van der Waals surface area (Å²) in [6.45, 7) is 6.01. The summed E-state index contributed by atoms with van der Waals surface area (Å²) in [7, 11) is 1.74. The molecule has 0 bridgehead atoms. The summed E-state index contributed by atoms with van der Waals surface area (Å²) in [5.41, 5.74) is 1.41. The minimum absolute atomic E-state index is 0.218. The highest BCUT2D eigenvalue weighted by atomic mass is 16.5. The van der Waals surface area contributed by atoms with Gasteiger partial charge in [0.15, 0.2) is 0 Å². The smallest absolute Gasteiger partial charge is 0.0696 e. The summed E-state index contributed by atoms with van der Waals surface area (Å²) < 4.78 is 5.24. The van der Waals surface area contributed by atoms with E-state index >= 15 is 0 Å². The molecule has 0 radical (unpaired) electrons. The summed E-state index contributed by atoms with van der Waals surface area (Å²) >= 11 is 0. The van der Waals surface area contributed by atoms with Gasteiger partial charge >= 0.3 is 0 Å². The molecule has 0 spiro atoms. The van der Waals surface area contributed by atoms with Crippen LogP contribution in [-0.4, -0.2) is 48.5 Å². The minimum Gasteiger partial charge on any atom is -0.391 e. The van der Waals surface area contributed by atoms with E-state index in [1.165, 1.54) is 5.56 Å². The average molecular weight is 291 g/mol. The molecule has 1 aromatic carbocycles. The van der Waals surface area contributed by atoms with E-state index in [0.29, 0.717) is 12.0 Å². The highest BCUT2D eigenvalue weighted by molar-refractivity contribution is 5.20. The van der Waals surface area contributed by atoms with E-state index < -0.39 is 0 Å². The van der Waals surface area contributed by atoms with Gasteiger partial charge in [-0.1, -0.05) is 30.3 Å². The van der Waals surface area contributed by atoms with E-state index in [9.17, 15) is 5.11 Å². The van der Waals surface area contributed by atoms with E-state index in [0.717, 1.165) is 32.4 Å². The van der Waals surface area contributed by atoms with Crippen LogP contribution in [-0.2, 0) is 4.74 Å². The maximum Gasteiger partial charge on any atom is 0.0696 e. The quantitative estimate of drug-likeness (QED) is 0.874. The Labute approximate surface area is 128 Å². The molecule has 1 saturated carbocycles. The molecule has 1 aromatic rings. The molecule has 118 valence electrons. The second kappa shape index (κ2) is 7.92. The summed E-state index contributed by atoms with van der Waals surface area (Å²) in [6, 6.07) is 11.4. The fourth-order valence-corrected chi connectivity index (χ4v) is 3.52. The Hall–Kier alpha value is -0.900. The van der Waals surface area contributed by atoms with E-state index in [1.54, 1.807) is 7.11 Å². The summed E-state index contributed by atoms with van der Waals surface area (Å²) in [4.78, 5) is 2.41. The first-order valence-electron chi connectivity index (χ1n) is 8.11.